The predicted octanol–water partition coefficient (Wildman–Crippen LogP) is 27.6. The molecule has 20 rings (SSSR count). The van der Waals surface area contributed by atoms with E-state index in [4.69, 9.17) is 15.0 Å². The van der Waals surface area contributed by atoms with Crippen LogP contribution in [-0.2, 0) is 5.41 Å². The molecule has 17 aromatic carbocycles. The van der Waals surface area contributed by atoms with Crippen molar-refractivity contribution < 1.29 is 0 Å². The first-order valence-electron chi connectivity index (χ1n) is 37.4. The Morgan fingerprint density at radius 2 is 0.294 bits per heavy atom. The lowest BCUT2D eigenvalue weighted by molar-refractivity contribution is 0.794. The number of nitrogens with zero attached hydrogens (tertiary/aromatic N) is 3. The van der Waals surface area contributed by atoms with E-state index in [1.807, 2.05) is 0 Å². The van der Waals surface area contributed by atoms with E-state index < -0.39 is 5.41 Å². The first kappa shape index (κ1) is 64.4. The highest BCUT2D eigenvalue weighted by molar-refractivity contribution is 5.97. The minimum absolute atomic E-state index is 0.406. The van der Waals surface area contributed by atoms with Crippen LogP contribution in [0.15, 0.2) is 419 Å². The summed E-state index contributed by atoms with van der Waals surface area (Å²) in [5, 5.41) is 0. The van der Waals surface area contributed by atoms with Crippen molar-refractivity contribution in [3.8, 4) is 179 Å². The first-order valence-corrected chi connectivity index (χ1v) is 37.4. The van der Waals surface area contributed by atoms with E-state index in [-0.39, 0.29) is 0 Å². The third-order valence-corrected chi connectivity index (χ3v) is 22.2. The Balaban J connectivity index is 0.607. The van der Waals surface area contributed by atoms with Crippen molar-refractivity contribution in [3.63, 3.8) is 0 Å². The van der Waals surface area contributed by atoms with Crippen molar-refractivity contribution in [3.05, 3.63) is 441 Å². The summed E-state index contributed by atoms with van der Waals surface area (Å²) in [7, 11) is 0. The van der Waals surface area contributed by atoms with Crippen LogP contribution in [-0.4, -0.2) is 15.0 Å². The molecule has 0 saturated heterocycles. The third kappa shape index (κ3) is 11.9. The van der Waals surface area contributed by atoms with E-state index in [1.54, 1.807) is 0 Å². The molecule has 1 heterocycles. The topological polar surface area (TPSA) is 38.7 Å². The van der Waals surface area contributed by atoms with Crippen molar-refractivity contribution in [2.45, 2.75) is 5.41 Å². The van der Waals surface area contributed by atoms with Crippen LogP contribution < -0.4 is 0 Å². The van der Waals surface area contributed by atoms with Crippen molar-refractivity contribution in [2.24, 2.45) is 0 Å². The van der Waals surface area contributed by atoms with Crippen LogP contribution in [0.1, 0.15) is 22.3 Å². The normalized spacial score (nSPS) is 12.1. The van der Waals surface area contributed by atoms with E-state index in [0.29, 0.717) is 17.5 Å². The highest BCUT2D eigenvalue weighted by Gasteiger charge is 2.51. The molecule has 18 aromatic rings. The van der Waals surface area contributed by atoms with Gasteiger partial charge >= 0.3 is 0 Å². The molecule has 0 unspecified atom stereocenters. The molecule has 1 aromatic heterocycles. The second-order valence-corrected chi connectivity index (χ2v) is 28.6. The van der Waals surface area contributed by atoms with Gasteiger partial charge in [-0.3, -0.25) is 0 Å². The van der Waals surface area contributed by atoms with Crippen molar-refractivity contribution in [2.75, 3.05) is 0 Å². The van der Waals surface area contributed by atoms with Crippen LogP contribution >= 0.6 is 0 Å². The summed E-state index contributed by atoms with van der Waals surface area (Å²) in [5.41, 5.74) is 38.4. The SMILES string of the molecule is c1ccc(-c2cccc(-c3cccc(-c4cccc(-c5ccc(-c6nc(-c7ccc(-c8cccc(-c9cccc(-c%10cccc(-c%11ccccc%11)c%10)c9)c8)cc7)nc(-c7ccc(-c8cccc(-c9cccc(-c%10ccc%11c(c%10)C%10(c%12ccccc%12-c%12ccccc%12%10)c%10ccccc%10-%11)c9)c8)cc7)n6)cc5)c4)c3)c2)cc1. The molecule has 0 aliphatic heterocycles. The summed E-state index contributed by atoms with van der Waals surface area (Å²) in [6.07, 6.45) is 0. The maximum Gasteiger partial charge on any atom is 0.164 e. The molecular formula is C106H69N3. The Morgan fingerprint density at radius 1 is 0.119 bits per heavy atom. The number of fused-ring (bicyclic) bond motifs is 10. The smallest absolute Gasteiger partial charge is 0.164 e. The Kier molecular flexibility index (Phi) is 16.1. The van der Waals surface area contributed by atoms with Crippen LogP contribution in [0.5, 0.6) is 0 Å². The summed E-state index contributed by atoms with van der Waals surface area (Å²) < 4.78 is 0. The van der Waals surface area contributed by atoms with E-state index in [9.17, 15) is 0 Å². The van der Waals surface area contributed by atoms with Gasteiger partial charge in [-0.15, -0.1) is 0 Å². The van der Waals surface area contributed by atoms with E-state index in [2.05, 4.69) is 419 Å². The summed E-state index contributed by atoms with van der Waals surface area (Å²) in [4.78, 5) is 15.9. The number of aromatic nitrogens is 3. The minimum atomic E-state index is -0.406. The number of hydrogen-bond donors (Lipinski definition) is 0. The molecule has 508 valence electrons. The second kappa shape index (κ2) is 27.3. The van der Waals surface area contributed by atoms with Gasteiger partial charge in [0, 0.05) is 16.7 Å². The number of hydrogen-bond acceptors (Lipinski definition) is 3. The number of benzene rings is 17. The molecule has 0 amide bonds. The summed E-state index contributed by atoms with van der Waals surface area (Å²) in [6, 6.07) is 152. The zero-order valence-corrected chi connectivity index (χ0v) is 59.7. The Morgan fingerprint density at radius 3 is 0.550 bits per heavy atom. The Bertz CT molecular complexity index is 6220. The van der Waals surface area contributed by atoms with Crippen LogP contribution in [0, 0.1) is 0 Å². The van der Waals surface area contributed by atoms with Crippen molar-refractivity contribution >= 4 is 0 Å². The van der Waals surface area contributed by atoms with Gasteiger partial charge < -0.3 is 0 Å². The van der Waals surface area contributed by atoms with Gasteiger partial charge in [0.15, 0.2) is 17.5 Å². The van der Waals surface area contributed by atoms with Gasteiger partial charge in [-0.05, 0) is 222 Å². The zero-order valence-electron chi connectivity index (χ0n) is 59.7. The summed E-state index contributed by atoms with van der Waals surface area (Å²) >= 11 is 0. The zero-order chi connectivity index (χ0) is 72.2. The van der Waals surface area contributed by atoms with Gasteiger partial charge in [-0.1, -0.05) is 364 Å². The standard InChI is InChI=1S/C106H69N3/c1-3-21-70(22-4-1)78-25-13-30-83(61-78)88-35-18-37-90(66-88)85-32-15-27-80(63-85)72-47-53-75(54-48-72)103-107-104(76-55-49-73(50-56-76)81-28-16-33-86(64-81)91-38-19-36-89(67-91)84-31-14-26-79(62-84)71-23-5-2-6-24-71)109-105(108-103)77-57-51-74(52-58-77)82-29-17-34-87(65-82)92-39-20-40-93(68-92)94-59-60-98-97-43-9-12-46-101(97)106(102(98)69-94)99-44-10-7-41-95(99)96-42-8-11-45-100(96)106/h1-69H. The van der Waals surface area contributed by atoms with Gasteiger partial charge in [0.25, 0.3) is 0 Å². The van der Waals surface area contributed by atoms with Crippen LogP contribution in [0.4, 0.5) is 0 Å². The lowest BCUT2D eigenvalue weighted by Gasteiger charge is -2.30. The average Bonchev–Trinajstić information content (AvgIpc) is 1.51. The third-order valence-electron chi connectivity index (χ3n) is 22.2. The maximum atomic E-state index is 5.30. The molecule has 2 aliphatic carbocycles. The molecule has 0 radical (unpaired) electrons. The Hall–Kier alpha value is -14.3. The molecule has 2 aliphatic rings. The van der Waals surface area contributed by atoms with Crippen LogP contribution in [0.3, 0.4) is 0 Å². The fourth-order valence-corrected chi connectivity index (χ4v) is 16.8. The fraction of sp³-hybridized carbons (Fsp3) is 0.00943. The molecule has 109 heavy (non-hydrogen) atoms. The largest absolute Gasteiger partial charge is 0.208 e. The fourth-order valence-electron chi connectivity index (χ4n) is 16.8. The molecule has 0 bridgehead atoms. The lowest BCUT2D eigenvalue weighted by Crippen LogP contribution is -2.25. The Labute approximate surface area is 635 Å². The van der Waals surface area contributed by atoms with Gasteiger partial charge in [0.1, 0.15) is 0 Å². The predicted molar refractivity (Wildman–Crippen MR) is 452 cm³/mol. The van der Waals surface area contributed by atoms with Gasteiger partial charge in [-0.25, -0.2) is 15.0 Å². The molecule has 0 saturated carbocycles. The van der Waals surface area contributed by atoms with Gasteiger partial charge in [0.2, 0.25) is 0 Å². The highest BCUT2D eigenvalue weighted by Crippen LogP contribution is 2.63. The molecule has 3 heteroatoms. The van der Waals surface area contributed by atoms with Gasteiger partial charge in [0.05, 0.1) is 5.41 Å². The van der Waals surface area contributed by atoms with E-state index >= 15 is 0 Å². The van der Waals surface area contributed by atoms with Gasteiger partial charge in [-0.2, -0.15) is 0 Å². The van der Waals surface area contributed by atoms with E-state index in [1.165, 1.54) is 100 Å². The van der Waals surface area contributed by atoms with Crippen LogP contribution in [0.2, 0.25) is 0 Å². The quantitative estimate of drug-likeness (QED) is 0.109. The molecule has 1 spiro atoms. The molecule has 3 nitrogen and oxygen atoms in total. The molecule has 0 N–H and O–H groups in total. The summed E-state index contributed by atoms with van der Waals surface area (Å²) in [6.45, 7) is 0. The highest BCUT2D eigenvalue weighted by atomic mass is 15.0. The molecule has 0 atom stereocenters. The maximum absolute atomic E-state index is 5.30. The number of rotatable bonds is 14. The summed E-state index contributed by atoms with van der Waals surface area (Å²) in [5.74, 6) is 1.78. The average molecular weight is 1380 g/mol. The minimum Gasteiger partial charge on any atom is -0.208 e. The monoisotopic (exact) mass is 1380 g/mol. The lowest BCUT2D eigenvalue weighted by atomic mass is 9.70. The molecular weight excluding hydrogens is 1320 g/mol. The van der Waals surface area contributed by atoms with Crippen molar-refractivity contribution in [1.82, 2.24) is 15.0 Å². The second-order valence-electron chi connectivity index (χ2n) is 28.6. The van der Waals surface area contributed by atoms with Crippen molar-refractivity contribution in [1.29, 1.82) is 0 Å². The first-order chi connectivity index (χ1) is 53.9. The van der Waals surface area contributed by atoms with E-state index in [0.717, 1.165) is 83.5 Å². The molecule has 0 fully saturated rings. The van der Waals surface area contributed by atoms with Crippen LogP contribution in [0.25, 0.3) is 179 Å².